The number of hydrogen-bond acceptors (Lipinski definition) is 5. The first-order chi connectivity index (χ1) is 13.3. The third kappa shape index (κ3) is 2.92. The molecule has 0 amide bonds. The quantitative estimate of drug-likeness (QED) is 0.631. The van der Waals surface area contributed by atoms with Crippen LogP contribution in [0.2, 0.25) is 0 Å². The lowest BCUT2D eigenvalue weighted by atomic mass is 10.0. The van der Waals surface area contributed by atoms with Crippen LogP contribution in [-0.2, 0) is 0 Å². The minimum atomic E-state index is 0.210. The lowest BCUT2D eigenvalue weighted by molar-refractivity contribution is 0.169. The number of para-hydroxylation sites is 1. The number of thioether (sulfide) groups is 1. The summed E-state index contributed by atoms with van der Waals surface area (Å²) in [4.78, 5) is 7.86. The number of nitrogens with zero attached hydrogens (tertiary/aromatic N) is 2. The van der Waals surface area contributed by atoms with Crippen LogP contribution in [0.3, 0.4) is 0 Å². The summed E-state index contributed by atoms with van der Waals surface area (Å²) in [5.74, 6) is 2.68. The minimum Gasteiger partial charge on any atom is -0.486 e. The normalized spacial score (nSPS) is 16.1. The Morgan fingerprint density at radius 1 is 1.00 bits per heavy atom. The molecule has 3 aromatic rings. The Labute approximate surface area is 163 Å². The number of ether oxygens (including phenoxy) is 2. The highest BCUT2D eigenvalue weighted by Crippen LogP contribution is 2.47. The standard InChI is InChI=1S/C22H20N2O2S/c1-15(18-3-2-4-20-22(18)26-12-11-25-20)24-14-27-21-13-17(5-6-19(21)24)16-7-9-23-10-8-16/h2-10,13,15H,11-12,14H2,1H3/t15-/m0/s1. The van der Waals surface area contributed by atoms with Crippen LogP contribution >= 0.6 is 11.8 Å². The Morgan fingerprint density at radius 2 is 1.85 bits per heavy atom. The first-order valence-corrected chi connectivity index (χ1v) is 10.1. The van der Waals surface area contributed by atoms with Crippen molar-refractivity contribution < 1.29 is 9.47 Å². The molecule has 0 bridgehead atoms. The summed E-state index contributed by atoms with van der Waals surface area (Å²) in [5.41, 5.74) is 4.88. The number of aromatic nitrogens is 1. The lowest BCUT2D eigenvalue weighted by Crippen LogP contribution is -2.25. The Morgan fingerprint density at radius 3 is 2.74 bits per heavy atom. The van der Waals surface area contributed by atoms with Gasteiger partial charge in [0.15, 0.2) is 11.5 Å². The van der Waals surface area contributed by atoms with Crippen molar-refractivity contribution in [2.45, 2.75) is 17.9 Å². The van der Waals surface area contributed by atoms with Crippen LogP contribution in [-0.4, -0.2) is 24.1 Å². The van der Waals surface area contributed by atoms with E-state index in [0.717, 1.165) is 17.4 Å². The molecule has 4 nitrogen and oxygen atoms in total. The van der Waals surface area contributed by atoms with E-state index in [4.69, 9.17) is 9.47 Å². The first kappa shape index (κ1) is 16.5. The fourth-order valence-corrected chi connectivity index (χ4v) is 4.90. The molecular formula is C22H20N2O2S. The van der Waals surface area contributed by atoms with Crippen molar-refractivity contribution in [2.24, 2.45) is 0 Å². The van der Waals surface area contributed by atoms with E-state index in [-0.39, 0.29) is 6.04 Å². The maximum atomic E-state index is 5.94. The number of pyridine rings is 1. The molecule has 0 saturated heterocycles. The fourth-order valence-electron chi connectivity index (χ4n) is 3.71. The molecule has 0 N–H and O–H groups in total. The van der Waals surface area contributed by atoms with Gasteiger partial charge in [-0.05, 0) is 48.4 Å². The number of anilines is 1. The van der Waals surface area contributed by atoms with Crippen molar-refractivity contribution in [3.05, 3.63) is 66.5 Å². The third-order valence-electron chi connectivity index (χ3n) is 5.16. The molecule has 0 radical (unpaired) electrons. The molecule has 2 aliphatic rings. The highest BCUT2D eigenvalue weighted by atomic mass is 32.2. The molecule has 0 spiro atoms. The van der Waals surface area contributed by atoms with Gasteiger partial charge in [0.25, 0.3) is 0 Å². The number of fused-ring (bicyclic) bond motifs is 2. The van der Waals surface area contributed by atoms with Gasteiger partial charge in [0.1, 0.15) is 13.2 Å². The summed E-state index contributed by atoms with van der Waals surface area (Å²) in [6.45, 7) is 3.46. The van der Waals surface area contributed by atoms with E-state index in [2.05, 4.69) is 59.3 Å². The van der Waals surface area contributed by atoms with Gasteiger partial charge in [0.2, 0.25) is 0 Å². The molecule has 0 saturated carbocycles. The largest absolute Gasteiger partial charge is 0.486 e. The van der Waals surface area contributed by atoms with Gasteiger partial charge in [-0.15, -0.1) is 11.8 Å². The van der Waals surface area contributed by atoms with E-state index in [1.807, 2.05) is 30.2 Å². The number of hydrogen-bond donors (Lipinski definition) is 0. The zero-order valence-electron chi connectivity index (χ0n) is 15.1. The molecule has 0 fully saturated rings. The molecule has 0 unspecified atom stereocenters. The SMILES string of the molecule is C[C@@H](c1cccc2c1OCCO2)N1CSc2cc(-c3ccncc3)ccc21. The summed E-state index contributed by atoms with van der Waals surface area (Å²) in [5, 5.41) is 0. The summed E-state index contributed by atoms with van der Waals surface area (Å²) >= 11 is 1.88. The average molecular weight is 376 g/mol. The Bertz CT molecular complexity index is 977. The van der Waals surface area contributed by atoms with Gasteiger partial charge in [0, 0.05) is 22.9 Å². The Balaban J connectivity index is 1.47. The number of rotatable bonds is 3. The Kier molecular flexibility index (Phi) is 4.17. The predicted octanol–water partition coefficient (Wildman–Crippen LogP) is 5.15. The molecule has 3 heterocycles. The van der Waals surface area contributed by atoms with Crippen LogP contribution in [0.1, 0.15) is 18.5 Å². The molecular weight excluding hydrogens is 356 g/mol. The van der Waals surface area contributed by atoms with Crippen molar-refractivity contribution in [2.75, 3.05) is 24.0 Å². The molecule has 136 valence electrons. The van der Waals surface area contributed by atoms with Crippen LogP contribution < -0.4 is 14.4 Å². The van der Waals surface area contributed by atoms with E-state index in [0.29, 0.717) is 13.2 Å². The van der Waals surface area contributed by atoms with Crippen LogP contribution in [0.15, 0.2) is 65.8 Å². The number of benzene rings is 2. The molecule has 5 heteroatoms. The first-order valence-electron chi connectivity index (χ1n) is 9.13. The van der Waals surface area contributed by atoms with Crippen LogP contribution in [0.4, 0.5) is 5.69 Å². The van der Waals surface area contributed by atoms with Gasteiger partial charge >= 0.3 is 0 Å². The summed E-state index contributed by atoms with van der Waals surface area (Å²) in [6.07, 6.45) is 3.68. The summed E-state index contributed by atoms with van der Waals surface area (Å²) < 4.78 is 11.7. The van der Waals surface area contributed by atoms with Crippen molar-refractivity contribution in [1.82, 2.24) is 4.98 Å². The van der Waals surface area contributed by atoms with Gasteiger partial charge in [0.05, 0.1) is 17.6 Å². The zero-order chi connectivity index (χ0) is 18.2. The van der Waals surface area contributed by atoms with Gasteiger partial charge < -0.3 is 14.4 Å². The van der Waals surface area contributed by atoms with E-state index in [9.17, 15) is 0 Å². The van der Waals surface area contributed by atoms with Crippen molar-refractivity contribution in [1.29, 1.82) is 0 Å². The van der Waals surface area contributed by atoms with Gasteiger partial charge in [-0.3, -0.25) is 4.98 Å². The predicted molar refractivity (Wildman–Crippen MR) is 109 cm³/mol. The van der Waals surface area contributed by atoms with Crippen LogP contribution in [0, 0.1) is 0 Å². The molecule has 27 heavy (non-hydrogen) atoms. The third-order valence-corrected chi connectivity index (χ3v) is 6.20. The molecule has 1 aromatic heterocycles. The van der Waals surface area contributed by atoms with Gasteiger partial charge in [-0.1, -0.05) is 18.2 Å². The molecule has 2 aliphatic heterocycles. The second-order valence-electron chi connectivity index (χ2n) is 6.71. The van der Waals surface area contributed by atoms with Crippen molar-refractivity contribution >= 4 is 17.4 Å². The van der Waals surface area contributed by atoms with E-state index in [1.165, 1.54) is 27.3 Å². The Hall–Kier alpha value is -2.66. The highest BCUT2D eigenvalue weighted by Gasteiger charge is 2.29. The monoisotopic (exact) mass is 376 g/mol. The maximum Gasteiger partial charge on any atom is 0.166 e. The molecule has 1 atom stereocenters. The minimum absolute atomic E-state index is 0.210. The van der Waals surface area contributed by atoms with Crippen molar-refractivity contribution in [3.8, 4) is 22.6 Å². The van der Waals surface area contributed by atoms with Crippen molar-refractivity contribution in [3.63, 3.8) is 0 Å². The van der Waals surface area contributed by atoms with Crippen LogP contribution in [0.5, 0.6) is 11.5 Å². The second-order valence-corrected chi connectivity index (χ2v) is 7.70. The van der Waals surface area contributed by atoms with Gasteiger partial charge in [-0.2, -0.15) is 0 Å². The van der Waals surface area contributed by atoms with E-state index in [1.54, 1.807) is 0 Å². The fraction of sp³-hybridized carbons (Fsp3) is 0.227. The van der Waals surface area contributed by atoms with E-state index >= 15 is 0 Å². The van der Waals surface area contributed by atoms with Crippen LogP contribution in [0.25, 0.3) is 11.1 Å². The maximum absolute atomic E-state index is 5.94. The molecule has 2 aromatic carbocycles. The highest BCUT2D eigenvalue weighted by molar-refractivity contribution is 7.99. The zero-order valence-corrected chi connectivity index (χ0v) is 15.9. The smallest absolute Gasteiger partial charge is 0.166 e. The van der Waals surface area contributed by atoms with Gasteiger partial charge in [-0.25, -0.2) is 0 Å². The molecule has 0 aliphatic carbocycles. The van der Waals surface area contributed by atoms with E-state index < -0.39 is 0 Å². The summed E-state index contributed by atoms with van der Waals surface area (Å²) in [6, 6.07) is 17.2. The lowest BCUT2D eigenvalue weighted by Gasteiger charge is -2.30. The summed E-state index contributed by atoms with van der Waals surface area (Å²) in [7, 11) is 0. The molecule has 5 rings (SSSR count). The second kappa shape index (κ2) is 6.82. The topological polar surface area (TPSA) is 34.6 Å². The average Bonchev–Trinajstić information content (AvgIpc) is 3.17.